The van der Waals surface area contributed by atoms with Crippen molar-refractivity contribution in [2.75, 3.05) is 11.9 Å². The third-order valence-corrected chi connectivity index (χ3v) is 6.85. The van der Waals surface area contributed by atoms with Crippen LogP contribution >= 0.6 is 0 Å². The van der Waals surface area contributed by atoms with Gasteiger partial charge in [-0.15, -0.1) is 4.80 Å². The minimum Gasteiger partial charge on any atom is -0.368 e. The molecule has 9 heteroatoms. The summed E-state index contributed by atoms with van der Waals surface area (Å²) in [5, 5.41) is 11.7. The van der Waals surface area contributed by atoms with Gasteiger partial charge in [0.05, 0.1) is 24.1 Å². The molecule has 32 heavy (non-hydrogen) atoms. The van der Waals surface area contributed by atoms with E-state index in [2.05, 4.69) is 32.4 Å². The van der Waals surface area contributed by atoms with Crippen molar-refractivity contribution in [1.29, 1.82) is 0 Å². The number of hydrogen-bond acceptors (Lipinski definition) is 6. The molecule has 2 saturated heterocycles. The number of amides is 1. The minimum absolute atomic E-state index is 0.0205. The maximum Gasteiger partial charge on any atom is 0.275 e. The van der Waals surface area contributed by atoms with Gasteiger partial charge in [0, 0.05) is 18.3 Å². The maximum absolute atomic E-state index is 13.9. The van der Waals surface area contributed by atoms with Crippen LogP contribution in [0, 0.1) is 31.5 Å². The molecule has 3 aromatic heterocycles. The molecule has 2 bridgehead atoms. The first-order valence-corrected chi connectivity index (χ1v) is 11.0. The molecule has 1 N–H and O–H groups in total. The fraction of sp³-hybridized carbons (Fsp3) is 0.435. The van der Waals surface area contributed by atoms with Crippen LogP contribution in [0.3, 0.4) is 0 Å². The quantitative estimate of drug-likeness (QED) is 0.662. The van der Waals surface area contributed by atoms with Crippen molar-refractivity contribution in [3.8, 4) is 5.69 Å². The van der Waals surface area contributed by atoms with Crippen molar-refractivity contribution in [3.63, 3.8) is 0 Å². The summed E-state index contributed by atoms with van der Waals surface area (Å²) >= 11 is 0. The average Bonchev–Trinajstić information content (AvgIpc) is 3.28. The molecule has 1 aliphatic carbocycles. The first kappa shape index (κ1) is 20.5. The van der Waals surface area contributed by atoms with Crippen LogP contribution in [-0.4, -0.2) is 54.4 Å². The van der Waals surface area contributed by atoms with Crippen LogP contribution in [0.1, 0.15) is 41.6 Å². The molecule has 166 valence electrons. The molecule has 5 heterocycles. The summed E-state index contributed by atoms with van der Waals surface area (Å²) in [6.45, 7) is 6.26. The summed E-state index contributed by atoms with van der Waals surface area (Å²) in [5.74, 6) is 1.11. The number of anilines is 1. The summed E-state index contributed by atoms with van der Waals surface area (Å²) in [7, 11) is 0. The molecule has 0 aromatic carbocycles. The van der Waals surface area contributed by atoms with Crippen molar-refractivity contribution in [3.05, 3.63) is 59.6 Å². The molecule has 0 radical (unpaired) electrons. The van der Waals surface area contributed by atoms with Gasteiger partial charge >= 0.3 is 0 Å². The standard InChI is InChI=1S/C23H26FN7O/c1-13-4-6-19(31-26-8-9-27-31)22(28-13)23(32)30-17-10-16(11-17)14(2)20(30)12-25-21-7-5-18(24)15(3)29-21/h4-9,14,16-17,20H,10-12H2,1-3H3,(H,25,29). The molecular weight excluding hydrogens is 409 g/mol. The number of nitrogens with one attached hydrogen (secondary N) is 1. The number of nitrogens with zero attached hydrogens (tertiary/aromatic N) is 6. The van der Waals surface area contributed by atoms with Crippen molar-refractivity contribution in [2.45, 2.75) is 45.7 Å². The number of carbonyl (C=O) groups is 1. The van der Waals surface area contributed by atoms with Crippen LogP contribution in [0.4, 0.5) is 10.2 Å². The smallest absolute Gasteiger partial charge is 0.275 e. The van der Waals surface area contributed by atoms with E-state index in [-0.39, 0.29) is 23.8 Å². The molecule has 2 atom stereocenters. The van der Waals surface area contributed by atoms with Crippen LogP contribution in [0.25, 0.3) is 5.69 Å². The van der Waals surface area contributed by atoms with Gasteiger partial charge in [-0.2, -0.15) is 10.2 Å². The lowest BCUT2D eigenvalue weighted by atomic mass is 9.64. The first-order valence-electron chi connectivity index (χ1n) is 11.0. The van der Waals surface area contributed by atoms with E-state index in [1.54, 1.807) is 25.4 Å². The third-order valence-electron chi connectivity index (χ3n) is 6.85. The van der Waals surface area contributed by atoms with E-state index in [9.17, 15) is 9.18 Å². The fourth-order valence-corrected chi connectivity index (χ4v) is 4.91. The van der Waals surface area contributed by atoms with Crippen LogP contribution in [0.15, 0.2) is 36.7 Å². The van der Waals surface area contributed by atoms with E-state index >= 15 is 0 Å². The van der Waals surface area contributed by atoms with E-state index in [1.165, 1.54) is 10.9 Å². The topological polar surface area (TPSA) is 88.8 Å². The Bertz CT molecular complexity index is 1140. The van der Waals surface area contributed by atoms with Gasteiger partial charge in [-0.1, -0.05) is 6.92 Å². The highest BCUT2D eigenvalue weighted by atomic mass is 19.1. The Morgan fingerprint density at radius 2 is 1.88 bits per heavy atom. The van der Waals surface area contributed by atoms with Gasteiger partial charge in [-0.3, -0.25) is 4.79 Å². The highest BCUT2D eigenvalue weighted by Crippen LogP contribution is 2.47. The van der Waals surface area contributed by atoms with E-state index in [0.29, 0.717) is 41.3 Å². The molecule has 3 aromatic rings. The largest absolute Gasteiger partial charge is 0.368 e. The maximum atomic E-state index is 13.9. The molecule has 8 nitrogen and oxygen atoms in total. The zero-order chi connectivity index (χ0) is 22.4. The minimum atomic E-state index is -0.329. The van der Waals surface area contributed by atoms with Gasteiger partial charge in [0.1, 0.15) is 17.3 Å². The SMILES string of the molecule is Cc1ccc(-n2nccn2)c(C(=O)N2C3CC(C3)C(C)C2CNc2ccc(F)c(C)n2)n1. The Hall–Kier alpha value is -3.36. The number of aromatic nitrogens is 5. The highest BCUT2D eigenvalue weighted by Gasteiger charge is 2.51. The second-order valence-corrected chi connectivity index (χ2v) is 8.81. The number of aryl methyl sites for hydroxylation is 2. The highest BCUT2D eigenvalue weighted by molar-refractivity contribution is 5.96. The number of piperidine rings is 2. The zero-order valence-corrected chi connectivity index (χ0v) is 18.4. The van der Waals surface area contributed by atoms with E-state index in [0.717, 1.165) is 18.5 Å². The van der Waals surface area contributed by atoms with Gasteiger partial charge in [0.25, 0.3) is 5.91 Å². The zero-order valence-electron chi connectivity index (χ0n) is 18.4. The van der Waals surface area contributed by atoms with Crippen molar-refractivity contribution in [1.82, 2.24) is 29.9 Å². The Morgan fingerprint density at radius 1 is 1.12 bits per heavy atom. The normalized spacial score (nSPS) is 24.2. The predicted molar refractivity (Wildman–Crippen MR) is 117 cm³/mol. The van der Waals surface area contributed by atoms with E-state index in [1.807, 2.05) is 24.0 Å². The Balaban J connectivity index is 1.45. The molecule has 6 rings (SSSR count). The van der Waals surface area contributed by atoms with Gasteiger partial charge in [-0.05, 0) is 62.8 Å². The summed E-state index contributed by atoms with van der Waals surface area (Å²) in [4.78, 5) is 26.2. The molecule has 3 aliphatic rings. The molecular formula is C23H26FN7O. The number of pyridine rings is 2. The van der Waals surface area contributed by atoms with Crippen LogP contribution in [0.5, 0.6) is 0 Å². The number of carbonyl (C=O) groups excluding carboxylic acids is 1. The van der Waals surface area contributed by atoms with Crippen LogP contribution < -0.4 is 5.32 Å². The summed E-state index contributed by atoms with van der Waals surface area (Å²) in [5.41, 5.74) is 2.05. The molecule has 3 fully saturated rings. The molecule has 1 saturated carbocycles. The number of rotatable bonds is 5. The predicted octanol–water partition coefficient (Wildman–Crippen LogP) is 3.16. The van der Waals surface area contributed by atoms with Crippen molar-refractivity contribution in [2.24, 2.45) is 11.8 Å². The van der Waals surface area contributed by atoms with Crippen molar-refractivity contribution >= 4 is 11.7 Å². The second-order valence-electron chi connectivity index (χ2n) is 8.81. The van der Waals surface area contributed by atoms with E-state index in [4.69, 9.17) is 0 Å². The van der Waals surface area contributed by atoms with Crippen LogP contribution in [0.2, 0.25) is 0 Å². The van der Waals surface area contributed by atoms with Gasteiger partial charge in [0.2, 0.25) is 0 Å². The lowest BCUT2D eigenvalue weighted by Crippen LogP contribution is -2.64. The Kier molecular flexibility index (Phi) is 5.11. The lowest BCUT2D eigenvalue weighted by molar-refractivity contribution is -0.0505. The van der Waals surface area contributed by atoms with Crippen molar-refractivity contribution < 1.29 is 9.18 Å². The fourth-order valence-electron chi connectivity index (χ4n) is 4.91. The molecule has 0 spiro atoms. The summed E-state index contributed by atoms with van der Waals surface area (Å²) < 4.78 is 13.6. The Morgan fingerprint density at radius 3 is 2.59 bits per heavy atom. The Labute approximate surface area is 185 Å². The third kappa shape index (κ3) is 3.51. The summed E-state index contributed by atoms with van der Waals surface area (Å²) in [6, 6.07) is 6.91. The monoisotopic (exact) mass is 435 g/mol. The second kappa shape index (κ2) is 7.96. The van der Waals surface area contributed by atoms with Gasteiger partial charge < -0.3 is 10.2 Å². The molecule has 1 amide bonds. The van der Waals surface area contributed by atoms with E-state index < -0.39 is 0 Å². The number of fused-ring (bicyclic) bond motifs is 2. The number of hydrogen-bond donors (Lipinski definition) is 1. The summed E-state index contributed by atoms with van der Waals surface area (Å²) in [6.07, 6.45) is 5.19. The average molecular weight is 436 g/mol. The first-order chi connectivity index (χ1) is 15.4. The molecule has 2 aliphatic heterocycles. The lowest BCUT2D eigenvalue weighted by Gasteiger charge is -2.57. The molecule has 2 unspecified atom stereocenters. The van der Waals surface area contributed by atoms with Crippen LogP contribution in [-0.2, 0) is 0 Å². The number of halogens is 1. The van der Waals surface area contributed by atoms with Gasteiger partial charge in [0.15, 0.2) is 5.69 Å². The van der Waals surface area contributed by atoms with Gasteiger partial charge in [-0.25, -0.2) is 14.4 Å².